The van der Waals surface area contributed by atoms with E-state index in [4.69, 9.17) is 9.47 Å². The molecular formula is C18H20ClN3O4. The topological polar surface area (TPSA) is 73.7 Å². The van der Waals surface area contributed by atoms with Crippen LogP contribution in [-0.2, 0) is 4.74 Å². The second kappa shape index (κ2) is 6.99. The minimum atomic E-state index is -0.451. The van der Waals surface area contributed by atoms with Crippen molar-refractivity contribution in [2.24, 2.45) is 0 Å². The zero-order valence-corrected chi connectivity index (χ0v) is 15.4. The Morgan fingerprint density at radius 2 is 2.19 bits per heavy atom. The van der Waals surface area contributed by atoms with Crippen molar-refractivity contribution in [2.45, 2.75) is 25.8 Å². The van der Waals surface area contributed by atoms with Gasteiger partial charge in [-0.15, -0.1) is 12.4 Å². The molecule has 0 saturated carbocycles. The van der Waals surface area contributed by atoms with E-state index in [0.29, 0.717) is 23.5 Å². The summed E-state index contributed by atoms with van der Waals surface area (Å²) in [6, 6.07) is 5.20. The molecule has 0 radical (unpaired) electrons. The van der Waals surface area contributed by atoms with Crippen LogP contribution in [0.25, 0.3) is 5.69 Å². The van der Waals surface area contributed by atoms with Gasteiger partial charge in [0.25, 0.3) is 5.91 Å². The van der Waals surface area contributed by atoms with Crippen molar-refractivity contribution in [1.82, 2.24) is 14.5 Å². The molecule has 0 unspecified atom stereocenters. The number of carbonyl (C=O) groups is 2. The molecule has 1 aromatic heterocycles. The molecule has 0 N–H and O–H groups in total. The zero-order valence-electron chi connectivity index (χ0n) is 14.6. The summed E-state index contributed by atoms with van der Waals surface area (Å²) in [5, 5.41) is 0. The number of nitrogens with zero attached hydrogens (tertiary/aromatic N) is 3. The highest BCUT2D eigenvalue weighted by Crippen LogP contribution is 2.40. The molecule has 2 aromatic rings. The number of esters is 1. The van der Waals surface area contributed by atoms with Gasteiger partial charge >= 0.3 is 5.97 Å². The van der Waals surface area contributed by atoms with Crippen molar-refractivity contribution in [2.75, 3.05) is 20.3 Å². The first kappa shape index (κ1) is 18.3. The molecule has 1 atom stereocenters. The summed E-state index contributed by atoms with van der Waals surface area (Å²) in [5.74, 6) is 0.124. The number of halogens is 1. The largest absolute Gasteiger partial charge is 0.497 e. The molecule has 1 fully saturated rings. The number of fused-ring (bicyclic) bond motifs is 5. The normalized spacial score (nSPS) is 17.5. The predicted molar refractivity (Wildman–Crippen MR) is 96.3 cm³/mol. The number of hydrogen-bond donors (Lipinski definition) is 0. The van der Waals surface area contributed by atoms with E-state index < -0.39 is 5.97 Å². The molecule has 26 heavy (non-hydrogen) atoms. The molecule has 7 nitrogen and oxygen atoms in total. The summed E-state index contributed by atoms with van der Waals surface area (Å²) in [6.07, 6.45) is 3.29. The van der Waals surface area contributed by atoms with Crippen molar-refractivity contribution in [1.29, 1.82) is 0 Å². The van der Waals surface area contributed by atoms with Gasteiger partial charge in [-0.1, -0.05) is 0 Å². The number of hydrogen-bond acceptors (Lipinski definition) is 5. The smallest absolute Gasteiger partial charge is 0.358 e. The summed E-state index contributed by atoms with van der Waals surface area (Å²) in [5.41, 5.74) is 2.28. The van der Waals surface area contributed by atoms with Crippen molar-refractivity contribution < 1.29 is 19.1 Å². The van der Waals surface area contributed by atoms with Crippen molar-refractivity contribution >= 4 is 24.3 Å². The first-order valence-electron chi connectivity index (χ1n) is 8.39. The van der Waals surface area contributed by atoms with Crippen molar-refractivity contribution in [3.8, 4) is 11.4 Å². The maximum Gasteiger partial charge on any atom is 0.358 e. The lowest BCUT2D eigenvalue weighted by atomic mass is 10.1. The molecule has 1 saturated heterocycles. The molecule has 2 aliphatic rings. The van der Waals surface area contributed by atoms with Crippen LogP contribution in [0.1, 0.15) is 52.3 Å². The van der Waals surface area contributed by atoms with Gasteiger partial charge in [-0.05, 0) is 38.0 Å². The Balaban J connectivity index is 0.00000196. The number of benzene rings is 1. The SMILES string of the molecule is CCOC(=O)c1ncn2c1[C@@H]1CCCN1C(=O)c1cc(OC)ccc1-2.Cl. The van der Waals surface area contributed by atoms with Crippen LogP contribution in [0.4, 0.5) is 0 Å². The Morgan fingerprint density at radius 1 is 1.38 bits per heavy atom. The van der Waals surface area contributed by atoms with Crippen LogP contribution in [-0.4, -0.2) is 46.6 Å². The van der Waals surface area contributed by atoms with Crippen LogP contribution in [0.2, 0.25) is 0 Å². The number of aromatic nitrogens is 2. The minimum absolute atomic E-state index is 0. The third-order valence-corrected chi connectivity index (χ3v) is 4.80. The monoisotopic (exact) mass is 377 g/mol. The number of rotatable bonds is 3. The summed E-state index contributed by atoms with van der Waals surface area (Å²) < 4.78 is 12.3. The summed E-state index contributed by atoms with van der Waals surface area (Å²) >= 11 is 0. The van der Waals surface area contributed by atoms with Crippen molar-refractivity contribution in [3.05, 3.63) is 41.5 Å². The molecule has 8 heteroatoms. The Hall–Kier alpha value is -2.54. The van der Waals surface area contributed by atoms with Gasteiger partial charge in [0.2, 0.25) is 0 Å². The molecule has 1 aromatic carbocycles. The predicted octanol–water partition coefficient (Wildman–Crippen LogP) is 2.77. The molecule has 1 amide bonds. The quantitative estimate of drug-likeness (QED) is 0.769. The summed E-state index contributed by atoms with van der Waals surface area (Å²) in [6.45, 7) is 2.71. The molecule has 4 rings (SSSR count). The molecule has 138 valence electrons. The molecular weight excluding hydrogens is 358 g/mol. The van der Waals surface area contributed by atoms with Crippen LogP contribution in [0.3, 0.4) is 0 Å². The molecule has 0 spiro atoms. The number of imidazole rings is 1. The van der Waals surface area contributed by atoms with Gasteiger partial charge in [-0.3, -0.25) is 9.36 Å². The van der Waals surface area contributed by atoms with E-state index in [2.05, 4.69) is 4.98 Å². The van der Waals surface area contributed by atoms with Gasteiger partial charge in [0.15, 0.2) is 5.69 Å². The number of methoxy groups -OCH3 is 1. The number of ether oxygens (including phenoxy) is 2. The third kappa shape index (κ3) is 2.63. The Bertz CT molecular complexity index is 864. The lowest BCUT2D eigenvalue weighted by Crippen LogP contribution is -2.30. The fourth-order valence-electron chi connectivity index (χ4n) is 3.70. The van der Waals surface area contributed by atoms with Gasteiger partial charge < -0.3 is 14.4 Å². The highest BCUT2D eigenvalue weighted by atomic mass is 35.5. The van der Waals surface area contributed by atoms with Crippen molar-refractivity contribution in [3.63, 3.8) is 0 Å². The van der Waals surface area contributed by atoms with Crippen LogP contribution in [0.5, 0.6) is 5.75 Å². The second-order valence-corrected chi connectivity index (χ2v) is 6.11. The second-order valence-electron chi connectivity index (χ2n) is 6.11. The lowest BCUT2D eigenvalue weighted by molar-refractivity contribution is 0.0513. The third-order valence-electron chi connectivity index (χ3n) is 4.80. The standard InChI is InChI=1S/C18H19N3O4.ClH/c1-3-25-18(23)15-16-14-5-4-8-20(14)17(22)12-9-11(24-2)6-7-13(12)21(16)10-19-15;/h6-7,9-10,14H,3-5,8H2,1-2H3;1H/t14-;/m0./s1. The Labute approximate surface area is 157 Å². The van der Waals surface area contributed by atoms with Gasteiger partial charge in [-0.2, -0.15) is 0 Å². The average molecular weight is 378 g/mol. The van der Waals surface area contributed by atoms with Gasteiger partial charge in [0.1, 0.15) is 12.1 Å². The van der Waals surface area contributed by atoms with E-state index in [1.54, 1.807) is 32.5 Å². The molecule has 2 aliphatic heterocycles. The first-order chi connectivity index (χ1) is 12.2. The van der Waals surface area contributed by atoms with Crippen LogP contribution in [0.15, 0.2) is 24.5 Å². The zero-order chi connectivity index (χ0) is 17.6. The Kier molecular flexibility index (Phi) is 4.91. The average Bonchev–Trinajstić information content (AvgIpc) is 3.25. The first-order valence-corrected chi connectivity index (χ1v) is 8.39. The van der Waals surface area contributed by atoms with Crippen LogP contribution in [0, 0.1) is 0 Å². The van der Waals surface area contributed by atoms with Gasteiger partial charge in [0.05, 0.1) is 36.7 Å². The van der Waals surface area contributed by atoms with Gasteiger partial charge in [0, 0.05) is 6.54 Å². The number of amides is 1. The van der Waals surface area contributed by atoms with E-state index in [1.807, 2.05) is 15.5 Å². The fourth-order valence-corrected chi connectivity index (χ4v) is 3.70. The van der Waals surface area contributed by atoms with Crippen LogP contribution < -0.4 is 4.74 Å². The minimum Gasteiger partial charge on any atom is -0.497 e. The highest BCUT2D eigenvalue weighted by molar-refractivity contribution is 6.00. The lowest BCUT2D eigenvalue weighted by Gasteiger charge is -2.22. The highest BCUT2D eigenvalue weighted by Gasteiger charge is 2.40. The van der Waals surface area contributed by atoms with E-state index >= 15 is 0 Å². The van der Waals surface area contributed by atoms with Gasteiger partial charge in [-0.25, -0.2) is 9.78 Å². The summed E-state index contributed by atoms with van der Waals surface area (Å²) in [7, 11) is 1.57. The number of carbonyl (C=O) groups excluding carboxylic acids is 2. The maximum absolute atomic E-state index is 13.1. The van der Waals surface area contributed by atoms with Crippen LogP contribution >= 0.6 is 12.4 Å². The van der Waals surface area contributed by atoms with E-state index in [-0.39, 0.29) is 36.7 Å². The Morgan fingerprint density at radius 3 is 2.92 bits per heavy atom. The van der Waals surface area contributed by atoms with E-state index in [9.17, 15) is 9.59 Å². The fraction of sp³-hybridized carbons (Fsp3) is 0.389. The molecule has 0 bridgehead atoms. The molecule has 3 heterocycles. The summed E-state index contributed by atoms with van der Waals surface area (Å²) in [4.78, 5) is 31.6. The maximum atomic E-state index is 13.1. The van der Waals surface area contributed by atoms with E-state index in [0.717, 1.165) is 18.5 Å². The van der Waals surface area contributed by atoms with E-state index in [1.165, 1.54) is 0 Å². The molecule has 0 aliphatic carbocycles.